The number of hydrogen-bond donors (Lipinski definition) is 4. The molecule has 0 aliphatic rings. The highest BCUT2D eigenvalue weighted by molar-refractivity contribution is 7.98. The van der Waals surface area contributed by atoms with Gasteiger partial charge in [0, 0.05) is 24.1 Å². The number of carbonyl (C=O) groups is 1. The normalized spacial score (nSPS) is 12.1. The number of phenolic OH excluding ortho intramolecular Hbond substituents is 2. The van der Waals surface area contributed by atoms with Crippen molar-refractivity contribution in [3.8, 4) is 23.3 Å². The van der Waals surface area contributed by atoms with Crippen LogP contribution in [0.5, 0.6) is 23.3 Å². The topological polar surface area (TPSA) is 112 Å². The minimum Gasteiger partial charge on any atom is -0.508 e. The van der Waals surface area contributed by atoms with E-state index < -0.39 is 12.0 Å². The van der Waals surface area contributed by atoms with Crippen molar-refractivity contribution < 1.29 is 30.0 Å². The molecule has 1 unspecified atom stereocenters. The van der Waals surface area contributed by atoms with Crippen LogP contribution in [0, 0.1) is 0 Å². The van der Waals surface area contributed by atoms with E-state index in [-0.39, 0.29) is 36.3 Å². The molecule has 7 nitrogen and oxygen atoms in total. The number of thioether (sulfide) groups is 1. The van der Waals surface area contributed by atoms with Gasteiger partial charge in [-0.2, -0.15) is 11.8 Å². The van der Waals surface area contributed by atoms with Gasteiger partial charge in [-0.25, -0.2) is 4.79 Å². The van der Waals surface area contributed by atoms with Crippen LogP contribution in [-0.2, 0) is 16.0 Å². The number of hydrogen-bond acceptors (Lipinski definition) is 7. The van der Waals surface area contributed by atoms with Gasteiger partial charge in [0.25, 0.3) is 0 Å². The van der Waals surface area contributed by atoms with E-state index in [9.17, 15) is 25.2 Å². The van der Waals surface area contributed by atoms with Crippen molar-refractivity contribution in [3.63, 3.8) is 0 Å². The van der Waals surface area contributed by atoms with Crippen LogP contribution in [0.25, 0.3) is 0 Å². The highest BCUT2D eigenvalue weighted by Crippen LogP contribution is 2.36. The largest absolute Gasteiger partial charge is 0.508 e. The molecular formula is C18H23NO6S. The van der Waals surface area contributed by atoms with E-state index in [1.54, 1.807) is 18.7 Å². The smallest absolute Gasteiger partial charge is 0.329 e. The summed E-state index contributed by atoms with van der Waals surface area (Å²) in [6, 6.07) is 4.65. The molecule has 0 radical (unpaired) electrons. The molecule has 4 N–H and O–H groups in total. The number of phenols is 2. The van der Waals surface area contributed by atoms with Crippen LogP contribution >= 0.6 is 11.8 Å². The predicted molar refractivity (Wildman–Crippen MR) is 99.0 cm³/mol. The summed E-state index contributed by atoms with van der Waals surface area (Å²) in [5.41, 5.74) is 0.814. The molecule has 0 fully saturated rings. The molecule has 0 spiro atoms. The lowest BCUT2D eigenvalue weighted by atomic mass is 10.1. The van der Waals surface area contributed by atoms with Crippen molar-refractivity contribution in [3.05, 3.63) is 35.4 Å². The Bertz CT molecular complexity index is 773. The zero-order chi connectivity index (χ0) is 19.3. The first-order valence-corrected chi connectivity index (χ1v) is 9.56. The second-order valence-corrected chi connectivity index (χ2v) is 6.75. The van der Waals surface area contributed by atoms with E-state index >= 15 is 0 Å². The fraction of sp³-hybridized carbons (Fsp3) is 0.389. The van der Waals surface area contributed by atoms with E-state index in [4.69, 9.17) is 4.74 Å². The molecule has 0 aliphatic carbocycles. The van der Waals surface area contributed by atoms with Gasteiger partial charge in [0.1, 0.15) is 17.5 Å². The Balaban J connectivity index is 2.36. The summed E-state index contributed by atoms with van der Waals surface area (Å²) in [4.78, 5) is 12.3. The van der Waals surface area contributed by atoms with Gasteiger partial charge in [-0.05, 0) is 37.0 Å². The SMILES string of the molecule is CCOC(=O)C(CCSC)n1c(O)cc(Cc2ccc(O)cc2O)c1O. The van der Waals surface area contributed by atoms with Gasteiger partial charge >= 0.3 is 5.97 Å². The number of benzene rings is 1. The third-order valence-corrected chi connectivity index (χ3v) is 4.63. The van der Waals surface area contributed by atoms with Crippen molar-refractivity contribution in [1.82, 2.24) is 4.57 Å². The van der Waals surface area contributed by atoms with Crippen molar-refractivity contribution in [2.75, 3.05) is 18.6 Å². The molecule has 1 aromatic carbocycles. The van der Waals surface area contributed by atoms with Crippen molar-refractivity contribution in [2.24, 2.45) is 0 Å². The highest BCUT2D eigenvalue weighted by atomic mass is 32.2. The van der Waals surface area contributed by atoms with Gasteiger partial charge in [-0.15, -0.1) is 0 Å². The molecule has 1 heterocycles. The van der Waals surface area contributed by atoms with E-state index in [0.29, 0.717) is 23.3 Å². The molecule has 8 heteroatoms. The summed E-state index contributed by atoms with van der Waals surface area (Å²) in [6.07, 6.45) is 2.41. The molecule has 0 saturated heterocycles. The number of aromatic nitrogens is 1. The van der Waals surface area contributed by atoms with Crippen LogP contribution in [0.1, 0.15) is 30.5 Å². The Morgan fingerprint density at radius 2 is 1.92 bits per heavy atom. The molecule has 1 atom stereocenters. The van der Waals surface area contributed by atoms with Crippen LogP contribution < -0.4 is 0 Å². The zero-order valence-corrected chi connectivity index (χ0v) is 15.5. The van der Waals surface area contributed by atoms with E-state index in [0.717, 1.165) is 4.57 Å². The molecule has 142 valence electrons. The Labute approximate surface area is 155 Å². The Morgan fingerprint density at radius 3 is 2.54 bits per heavy atom. The van der Waals surface area contributed by atoms with Crippen molar-refractivity contribution in [1.29, 1.82) is 0 Å². The number of esters is 1. The van der Waals surface area contributed by atoms with Crippen molar-refractivity contribution >= 4 is 17.7 Å². The van der Waals surface area contributed by atoms with Crippen LogP contribution in [0.3, 0.4) is 0 Å². The summed E-state index contributed by atoms with van der Waals surface area (Å²) in [5, 5.41) is 40.1. The Kier molecular flexibility index (Phi) is 6.68. The maximum absolute atomic E-state index is 12.3. The highest BCUT2D eigenvalue weighted by Gasteiger charge is 2.28. The number of nitrogens with zero attached hydrogens (tertiary/aromatic N) is 1. The Morgan fingerprint density at radius 1 is 1.19 bits per heavy atom. The summed E-state index contributed by atoms with van der Waals surface area (Å²) in [6.45, 7) is 1.89. The monoisotopic (exact) mass is 381 g/mol. The van der Waals surface area contributed by atoms with Crippen LogP contribution in [0.4, 0.5) is 0 Å². The maximum atomic E-state index is 12.3. The van der Waals surface area contributed by atoms with Crippen LogP contribution in [0.2, 0.25) is 0 Å². The minimum absolute atomic E-state index is 0.0738. The second-order valence-electron chi connectivity index (χ2n) is 5.76. The summed E-state index contributed by atoms with van der Waals surface area (Å²) < 4.78 is 6.22. The maximum Gasteiger partial charge on any atom is 0.329 e. The first kappa shape index (κ1) is 19.8. The summed E-state index contributed by atoms with van der Waals surface area (Å²) in [7, 11) is 0. The molecule has 26 heavy (non-hydrogen) atoms. The first-order chi connectivity index (χ1) is 12.4. The third kappa shape index (κ3) is 4.37. The molecule has 0 aliphatic heterocycles. The van der Waals surface area contributed by atoms with E-state index in [2.05, 4.69) is 0 Å². The standard InChI is InChI=1S/C18H23NO6S/c1-3-25-18(24)14(6-7-26-2)19-16(22)9-12(17(19)23)8-11-4-5-13(20)10-15(11)21/h4-5,9-10,14,20-23H,3,6-8H2,1-2H3. The van der Waals surface area contributed by atoms with E-state index in [1.807, 2.05) is 6.26 Å². The lowest BCUT2D eigenvalue weighted by Crippen LogP contribution is -2.22. The fourth-order valence-electron chi connectivity index (χ4n) is 2.72. The van der Waals surface area contributed by atoms with E-state index in [1.165, 1.54) is 24.3 Å². The number of carbonyl (C=O) groups excluding carboxylic acids is 1. The molecule has 1 aromatic heterocycles. The van der Waals surface area contributed by atoms with Gasteiger partial charge in [0.15, 0.2) is 11.8 Å². The zero-order valence-electron chi connectivity index (χ0n) is 14.7. The number of aromatic hydroxyl groups is 4. The van der Waals surface area contributed by atoms with Crippen LogP contribution in [-0.4, -0.2) is 49.6 Å². The quantitative estimate of drug-likeness (QED) is 0.520. The van der Waals surface area contributed by atoms with Gasteiger partial charge in [-0.3, -0.25) is 4.57 Å². The van der Waals surface area contributed by atoms with Crippen molar-refractivity contribution in [2.45, 2.75) is 25.8 Å². The van der Waals surface area contributed by atoms with Gasteiger partial charge in [0.05, 0.1) is 6.61 Å². The van der Waals surface area contributed by atoms with Gasteiger partial charge in [-0.1, -0.05) is 6.07 Å². The second kappa shape index (κ2) is 8.75. The number of ether oxygens (including phenoxy) is 1. The van der Waals surface area contributed by atoms with Crippen LogP contribution in [0.15, 0.2) is 24.3 Å². The predicted octanol–water partition coefficient (Wildman–Crippen LogP) is 2.76. The van der Waals surface area contributed by atoms with Gasteiger partial charge < -0.3 is 25.2 Å². The lowest BCUT2D eigenvalue weighted by Gasteiger charge is -2.19. The minimum atomic E-state index is -0.843. The molecule has 2 rings (SSSR count). The molecule has 0 bridgehead atoms. The molecule has 0 amide bonds. The lowest BCUT2D eigenvalue weighted by molar-refractivity contribution is -0.147. The summed E-state index contributed by atoms with van der Waals surface area (Å²) in [5.74, 6) is -0.587. The third-order valence-electron chi connectivity index (χ3n) is 3.98. The fourth-order valence-corrected chi connectivity index (χ4v) is 3.18. The molecule has 2 aromatic rings. The molecule has 0 saturated carbocycles. The summed E-state index contributed by atoms with van der Waals surface area (Å²) >= 11 is 1.54. The average molecular weight is 381 g/mol. The molecular weight excluding hydrogens is 358 g/mol. The Hall–Kier alpha value is -2.48. The first-order valence-electron chi connectivity index (χ1n) is 8.17. The van der Waals surface area contributed by atoms with Gasteiger partial charge in [0.2, 0.25) is 0 Å². The average Bonchev–Trinajstić information content (AvgIpc) is 2.85. The number of rotatable bonds is 8.